The molecule has 1 fully saturated rings. The third-order valence-electron chi connectivity index (χ3n) is 7.22. The Morgan fingerprint density at radius 1 is 1.18 bits per heavy atom. The van der Waals surface area contributed by atoms with Crippen LogP contribution in [0.1, 0.15) is 49.3 Å². The fourth-order valence-corrected chi connectivity index (χ4v) is 6.52. The molecule has 5 rings (SSSR count). The lowest BCUT2D eigenvalue weighted by atomic mass is 9.68. The quantitative estimate of drug-likeness (QED) is 0.350. The molecular weight excluding hydrogens is 466 g/mol. The summed E-state index contributed by atoms with van der Waals surface area (Å²) in [4.78, 5) is 31.6. The SMILES string of the molecule is CCn1c(SCC(=O)Nc2cccc(Cl)c2C)nc2c(c1=O)C1(CCCC1)Cc1ccccc1-2. The van der Waals surface area contributed by atoms with Crippen LogP contribution in [0.15, 0.2) is 52.4 Å². The number of rotatable bonds is 5. The van der Waals surface area contributed by atoms with Gasteiger partial charge in [-0.25, -0.2) is 4.98 Å². The van der Waals surface area contributed by atoms with Gasteiger partial charge in [0.05, 0.1) is 17.0 Å². The van der Waals surface area contributed by atoms with Crippen LogP contribution in [0.4, 0.5) is 5.69 Å². The summed E-state index contributed by atoms with van der Waals surface area (Å²) in [6.07, 6.45) is 5.26. The number of carbonyl (C=O) groups excluding carboxylic acids is 1. The number of fused-ring (bicyclic) bond motifs is 4. The van der Waals surface area contributed by atoms with E-state index in [0.29, 0.717) is 22.4 Å². The number of carbonyl (C=O) groups is 1. The highest BCUT2D eigenvalue weighted by Crippen LogP contribution is 2.49. The highest BCUT2D eigenvalue weighted by Gasteiger charge is 2.44. The first-order chi connectivity index (χ1) is 16.4. The van der Waals surface area contributed by atoms with E-state index in [1.807, 2.05) is 32.0 Å². The fraction of sp³-hybridized carbons (Fsp3) is 0.370. The maximum Gasteiger partial charge on any atom is 0.258 e. The van der Waals surface area contributed by atoms with E-state index in [1.54, 1.807) is 10.6 Å². The molecule has 2 aliphatic rings. The molecule has 176 valence electrons. The van der Waals surface area contributed by atoms with Crippen LogP contribution in [0.3, 0.4) is 0 Å². The summed E-state index contributed by atoms with van der Waals surface area (Å²) < 4.78 is 1.75. The Morgan fingerprint density at radius 3 is 2.71 bits per heavy atom. The monoisotopic (exact) mass is 493 g/mol. The Hall–Kier alpha value is -2.57. The second-order valence-corrected chi connectivity index (χ2v) is 10.6. The number of halogens is 1. The minimum absolute atomic E-state index is 0.0532. The number of nitrogens with zero attached hydrogens (tertiary/aromatic N) is 2. The highest BCUT2D eigenvalue weighted by atomic mass is 35.5. The Bertz CT molecular complexity index is 1330. The van der Waals surface area contributed by atoms with Gasteiger partial charge in [-0.3, -0.25) is 14.2 Å². The number of amides is 1. The molecule has 1 amide bonds. The first kappa shape index (κ1) is 23.2. The second-order valence-electron chi connectivity index (χ2n) is 9.24. The van der Waals surface area contributed by atoms with Gasteiger partial charge in [0.1, 0.15) is 0 Å². The summed E-state index contributed by atoms with van der Waals surface area (Å²) in [5, 5.41) is 4.14. The number of benzene rings is 2. The van der Waals surface area contributed by atoms with Gasteiger partial charge < -0.3 is 5.32 Å². The lowest BCUT2D eigenvalue weighted by molar-refractivity contribution is -0.113. The number of hydrogen-bond donors (Lipinski definition) is 1. The standard InChI is InChI=1S/C27H28ClN3O2S/c1-3-31-25(33)23-24(19-10-5-4-9-18(19)15-27(23)13-6-7-14-27)30-26(31)34-16-22(32)29-21-12-8-11-20(28)17(21)2/h4-5,8-12H,3,6-7,13-16H2,1-2H3,(H,29,32). The van der Waals surface area contributed by atoms with Crippen molar-refractivity contribution < 1.29 is 4.79 Å². The molecule has 0 radical (unpaired) electrons. The number of aromatic nitrogens is 2. The summed E-state index contributed by atoms with van der Waals surface area (Å²) in [5.41, 5.74) is 5.48. The second kappa shape index (κ2) is 9.23. The van der Waals surface area contributed by atoms with Crippen LogP contribution in [0, 0.1) is 6.92 Å². The maximum absolute atomic E-state index is 13.8. The molecular formula is C27H28ClN3O2S. The van der Waals surface area contributed by atoms with Gasteiger partial charge in [-0.05, 0) is 56.4 Å². The Balaban J connectivity index is 1.50. The molecule has 1 spiro atoms. The molecule has 34 heavy (non-hydrogen) atoms. The molecule has 1 N–H and O–H groups in total. The molecule has 3 aromatic rings. The van der Waals surface area contributed by atoms with Gasteiger partial charge in [-0.15, -0.1) is 0 Å². The molecule has 0 aliphatic heterocycles. The number of thioether (sulfide) groups is 1. The van der Waals surface area contributed by atoms with Crippen LogP contribution < -0.4 is 10.9 Å². The first-order valence-corrected chi connectivity index (χ1v) is 13.2. The molecule has 1 aromatic heterocycles. The van der Waals surface area contributed by atoms with Crippen molar-refractivity contribution in [3.63, 3.8) is 0 Å². The molecule has 0 saturated heterocycles. The maximum atomic E-state index is 13.8. The third kappa shape index (κ3) is 3.97. The molecule has 1 heterocycles. The molecule has 2 aliphatic carbocycles. The van der Waals surface area contributed by atoms with Crippen molar-refractivity contribution in [3.05, 3.63) is 74.5 Å². The van der Waals surface area contributed by atoms with E-state index in [0.717, 1.165) is 54.5 Å². The van der Waals surface area contributed by atoms with Crippen molar-refractivity contribution >= 4 is 35.0 Å². The van der Waals surface area contributed by atoms with Crippen molar-refractivity contribution in [1.29, 1.82) is 0 Å². The molecule has 0 unspecified atom stereocenters. The zero-order chi connectivity index (χ0) is 23.9. The Labute approximate surface area is 208 Å². The van der Waals surface area contributed by atoms with Crippen LogP contribution in [0.5, 0.6) is 0 Å². The fourth-order valence-electron chi connectivity index (χ4n) is 5.49. The molecule has 0 bridgehead atoms. The average Bonchev–Trinajstić information content (AvgIpc) is 3.29. The van der Waals surface area contributed by atoms with Gasteiger partial charge in [0.2, 0.25) is 5.91 Å². The lowest BCUT2D eigenvalue weighted by Gasteiger charge is -2.36. The van der Waals surface area contributed by atoms with E-state index >= 15 is 0 Å². The topological polar surface area (TPSA) is 64.0 Å². The normalized spacial score (nSPS) is 15.7. The lowest BCUT2D eigenvalue weighted by Crippen LogP contribution is -2.40. The van der Waals surface area contributed by atoms with E-state index < -0.39 is 0 Å². The van der Waals surface area contributed by atoms with E-state index in [2.05, 4.69) is 23.5 Å². The van der Waals surface area contributed by atoms with E-state index in [-0.39, 0.29) is 22.6 Å². The minimum atomic E-state index is -0.155. The molecule has 7 heteroatoms. The summed E-state index contributed by atoms with van der Waals surface area (Å²) >= 11 is 7.49. The molecule has 5 nitrogen and oxygen atoms in total. The van der Waals surface area contributed by atoms with E-state index in [4.69, 9.17) is 16.6 Å². The van der Waals surface area contributed by atoms with Gasteiger partial charge >= 0.3 is 0 Å². The summed E-state index contributed by atoms with van der Waals surface area (Å²) in [6.45, 7) is 4.36. The predicted molar refractivity (Wildman–Crippen MR) is 139 cm³/mol. The van der Waals surface area contributed by atoms with Crippen molar-refractivity contribution in [1.82, 2.24) is 9.55 Å². The summed E-state index contributed by atoms with van der Waals surface area (Å²) in [7, 11) is 0. The van der Waals surface area contributed by atoms with Gasteiger partial charge in [0.25, 0.3) is 5.56 Å². The van der Waals surface area contributed by atoms with Gasteiger partial charge in [0.15, 0.2) is 5.16 Å². The van der Waals surface area contributed by atoms with Crippen molar-refractivity contribution in [2.45, 2.75) is 63.1 Å². The van der Waals surface area contributed by atoms with Crippen LogP contribution >= 0.6 is 23.4 Å². The van der Waals surface area contributed by atoms with Crippen LogP contribution in [0.2, 0.25) is 5.02 Å². The van der Waals surface area contributed by atoms with Gasteiger partial charge in [-0.2, -0.15) is 0 Å². The summed E-state index contributed by atoms with van der Waals surface area (Å²) in [5.74, 6) is 0.00176. The zero-order valence-electron chi connectivity index (χ0n) is 19.5. The van der Waals surface area contributed by atoms with Crippen LogP contribution in [-0.4, -0.2) is 21.2 Å². The third-order valence-corrected chi connectivity index (χ3v) is 8.60. The number of anilines is 1. The van der Waals surface area contributed by atoms with Gasteiger partial charge in [0, 0.05) is 28.2 Å². The molecule has 2 aromatic carbocycles. The van der Waals surface area contributed by atoms with Gasteiger partial charge in [-0.1, -0.05) is 66.5 Å². The smallest absolute Gasteiger partial charge is 0.258 e. The average molecular weight is 494 g/mol. The van der Waals surface area contributed by atoms with E-state index in [1.165, 1.54) is 17.3 Å². The largest absolute Gasteiger partial charge is 0.325 e. The highest BCUT2D eigenvalue weighted by molar-refractivity contribution is 7.99. The summed E-state index contributed by atoms with van der Waals surface area (Å²) in [6, 6.07) is 13.8. The Morgan fingerprint density at radius 2 is 1.94 bits per heavy atom. The van der Waals surface area contributed by atoms with Crippen molar-refractivity contribution in [3.8, 4) is 11.3 Å². The molecule has 1 saturated carbocycles. The minimum Gasteiger partial charge on any atom is -0.325 e. The van der Waals surface area contributed by atoms with Crippen LogP contribution in [-0.2, 0) is 23.2 Å². The van der Waals surface area contributed by atoms with Crippen molar-refractivity contribution in [2.75, 3.05) is 11.1 Å². The number of hydrogen-bond acceptors (Lipinski definition) is 4. The first-order valence-electron chi connectivity index (χ1n) is 11.8. The number of nitrogens with one attached hydrogen (secondary N) is 1. The zero-order valence-corrected chi connectivity index (χ0v) is 21.1. The molecule has 0 atom stereocenters. The Kier molecular flexibility index (Phi) is 6.30. The van der Waals surface area contributed by atoms with Crippen molar-refractivity contribution in [2.24, 2.45) is 0 Å². The van der Waals surface area contributed by atoms with E-state index in [9.17, 15) is 9.59 Å². The van der Waals surface area contributed by atoms with Crippen LogP contribution in [0.25, 0.3) is 11.3 Å². The predicted octanol–water partition coefficient (Wildman–Crippen LogP) is 5.99.